The van der Waals surface area contributed by atoms with Crippen molar-refractivity contribution < 1.29 is 9.47 Å². The predicted molar refractivity (Wildman–Crippen MR) is 86.1 cm³/mol. The van der Waals surface area contributed by atoms with E-state index in [0.29, 0.717) is 6.61 Å². The molecular weight excluding hydrogens is 260 g/mol. The monoisotopic (exact) mass is 278 g/mol. The highest BCUT2D eigenvalue weighted by Gasteiger charge is 2.02. The molecule has 0 unspecified atom stereocenters. The average molecular weight is 278 g/mol. The maximum Gasteiger partial charge on any atom is 0.161 e. The fourth-order valence-electron chi connectivity index (χ4n) is 2.41. The van der Waals surface area contributed by atoms with E-state index in [-0.39, 0.29) is 0 Å². The van der Waals surface area contributed by atoms with Gasteiger partial charge in [0.15, 0.2) is 11.5 Å². The fraction of sp³-hybridized carbons (Fsp3) is 0.158. The molecule has 0 N–H and O–H groups in total. The highest BCUT2D eigenvalue weighted by molar-refractivity contribution is 5.82. The summed E-state index contributed by atoms with van der Waals surface area (Å²) in [5.41, 5.74) is 1.28. The number of hydrogen-bond donors (Lipinski definition) is 0. The third-order valence-corrected chi connectivity index (χ3v) is 3.53. The van der Waals surface area contributed by atoms with E-state index in [2.05, 4.69) is 42.5 Å². The maximum absolute atomic E-state index is 5.82. The van der Waals surface area contributed by atoms with E-state index in [1.54, 1.807) is 7.11 Å². The molecule has 3 aromatic rings. The average Bonchev–Trinajstić information content (AvgIpc) is 2.55. The van der Waals surface area contributed by atoms with Crippen LogP contribution >= 0.6 is 0 Å². The summed E-state index contributed by atoms with van der Waals surface area (Å²) in [6, 6.07) is 22.7. The number of para-hydroxylation sites is 2. The van der Waals surface area contributed by atoms with E-state index in [0.717, 1.165) is 17.9 Å². The summed E-state index contributed by atoms with van der Waals surface area (Å²) in [5.74, 6) is 1.57. The predicted octanol–water partition coefficient (Wildman–Crippen LogP) is 4.47. The van der Waals surface area contributed by atoms with Crippen LogP contribution in [0.2, 0.25) is 0 Å². The Hall–Kier alpha value is -2.48. The third-order valence-electron chi connectivity index (χ3n) is 3.53. The van der Waals surface area contributed by atoms with E-state index >= 15 is 0 Å². The third kappa shape index (κ3) is 3.16. The number of methoxy groups -OCH3 is 1. The summed E-state index contributed by atoms with van der Waals surface area (Å²) in [4.78, 5) is 0. The molecule has 0 heterocycles. The molecule has 0 atom stereocenters. The zero-order valence-electron chi connectivity index (χ0n) is 12.1. The second-order valence-corrected chi connectivity index (χ2v) is 4.93. The minimum absolute atomic E-state index is 0.638. The Bertz CT molecular complexity index is 734. The quantitative estimate of drug-likeness (QED) is 0.685. The number of rotatable bonds is 5. The van der Waals surface area contributed by atoms with Crippen molar-refractivity contribution >= 4 is 10.8 Å². The van der Waals surface area contributed by atoms with Gasteiger partial charge in [0, 0.05) is 6.42 Å². The molecule has 0 bridgehead atoms. The van der Waals surface area contributed by atoms with Crippen molar-refractivity contribution in [1.29, 1.82) is 0 Å². The van der Waals surface area contributed by atoms with Crippen LogP contribution in [0.1, 0.15) is 5.56 Å². The van der Waals surface area contributed by atoms with Gasteiger partial charge in [0.25, 0.3) is 0 Å². The molecule has 0 aromatic heterocycles. The molecule has 0 radical (unpaired) electrons. The van der Waals surface area contributed by atoms with Crippen LogP contribution in [0.25, 0.3) is 10.8 Å². The number of hydrogen-bond acceptors (Lipinski definition) is 2. The van der Waals surface area contributed by atoms with Crippen LogP contribution in [-0.2, 0) is 6.42 Å². The van der Waals surface area contributed by atoms with Gasteiger partial charge in [-0.25, -0.2) is 0 Å². The normalized spacial score (nSPS) is 10.5. The van der Waals surface area contributed by atoms with Crippen LogP contribution in [0.3, 0.4) is 0 Å². The van der Waals surface area contributed by atoms with Gasteiger partial charge in [-0.15, -0.1) is 0 Å². The van der Waals surface area contributed by atoms with Crippen LogP contribution in [0.5, 0.6) is 11.5 Å². The zero-order chi connectivity index (χ0) is 14.5. The Morgan fingerprint density at radius 3 is 2.29 bits per heavy atom. The Kier molecular flexibility index (Phi) is 4.06. The summed E-state index contributed by atoms with van der Waals surface area (Å²) >= 11 is 0. The van der Waals surface area contributed by atoms with Gasteiger partial charge in [-0.05, 0) is 28.5 Å². The van der Waals surface area contributed by atoms with Crippen molar-refractivity contribution in [3.63, 3.8) is 0 Å². The summed E-state index contributed by atoms with van der Waals surface area (Å²) in [7, 11) is 1.66. The Morgan fingerprint density at radius 1 is 0.762 bits per heavy atom. The fourth-order valence-corrected chi connectivity index (χ4v) is 2.41. The minimum atomic E-state index is 0.638. The van der Waals surface area contributed by atoms with Gasteiger partial charge in [-0.2, -0.15) is 0 Å². The molecule has 3 aromatic carbocycles. The lowest BCUT2D eigenvalue weighted by Crippen LogP contribution is -2.02. The highest BCUT2D eigenvalue weighted by Crippen LogP contribution is 2.26. The molecule has 0 saturated heterocycles. The first-order valence-electron chi connectivity index (χ1n) is 7.10. The van der Waals surface area contributed by atoms with E-state index in [4.69, 9.17) is 9.47 Å². The summed E-state index contributed by atoms with van der Waals surface area (Å²) in [5, 5.41) is 2.54. The van der Waals surface area contributed by atoms with E-state index in [1.807, 2.05) is 24.3 Å². The second-order valence-electron chi connectivity index (χ2n) is 4.93. The van der Waals surface area contributed by atoms with Gasteiger partial charge < -0.3 is 9.47 Å². The van der Waals surface area contributed by atoms with Crippen molar-refractivity contribution in [1.82, 2.24) is 0 Å². The van der Waals surface area contributed by atoms with Gasteiger partial charge in [0.2, 0.25) is 0 Å². The molecular formula is C19H18O2. The molecule has 3 rings (SSSR count). The first-order chi connectivity index (χ1) is 10.4. The highest BCUT2D eigenvalue weighted by atomic mass is 16.5. The van der Waals surface area contributed by atoms with Crippen molar-refractivity contribution in [2.24, 2.45) is 0 Å². The molecule has 21 heavy (non-hydrogen) atoms. The zero-order valence-corrected chi connectivity index (χ0v) is 12.1. The Balaban J connectivity index is 1.66. The van der Waals surface area contributed by atoms with E-state index in [9.17, 15) is 0 Å². The molecule has 0 aliphatic heterocycles. The van der Waals surface area contributed by atoms with Crippen LogP contribution in [0.15, 0.2) is 66.7 Å². The molecule has 106 valence electrons. The van der Waals surface area contributed by atoms with Gasteiger partial charge in [0.05, 0.1) is 13.7 Å². The maximum atomic E-state index is 5.82. The van der Waals surface area contributed by atoms with E-state index in [1.165, 1.54) is 16.3 Å². The van der Waals surface area contributed by atoms with Crippen LogP contribution in [0.4, 0.5) is 0 Å². The van der Waals surface area contributed by atoms with Gasteiger partial charge in [0.1, 0.15) is 0 Å². The first-order valence-corrected chi connectivity index (χ1v) is 7.10. The topological polar surface area (TPSA) is 18.5 Å². The number of benzene rings is 3. The summed E-state index contributed by atoms with van der Waals surface area (Å²) in [6.07, 6.45) is 0.878. The van der Waals surface area contributed by atoms with Crippen molar-refractivity contribution in [2.75, 3.05) is 13.7 Å². The lowest BCUT2D eigenvalue weighted by molar-refractivity contribution is 0.298. The van der Waals surface area contributed by atoms with Crippen molar-refractivity contribution in [2.45, 2.75) is 6.42 Å². The van der Waals surface area contributed by atoms with Crippen LogP contribution in [-0.4, -0.2) is 13.7 Å². The molecule has 0 aliphatic carbocycles. The second kappa shape index (κ2) is 6.31. The molecule has 0 fully saturated rings. The summed E-state index contributed by atoms with van der Waals surface area (Å²) in [6.45, 7) is 0.638. The van der Waals surface area contributed by atoms with Crippen molar-refractivity contribution in [3.05, 3.63) is 72.3 Å². The largest absolute Gasteiger partial charge is 0.493 e. The molecule has 0 saturated carbocycles. The first kappa shape index (κ1) is 13.5. The Labute approximate surface area is 124 Å². The van der Waals surface area contributed by atoms with Gasteiger partial charge in [-0.1, -0.05) is 54.6 Å². The lowest BCUT2D eigenvalue weighted by Gasteiger charge is -2.10. The molecule has 2 heteroatoms. The smallest absolute Gasteiger partial charge is 0.161 e. The van der Waals surface area contributed by atoms with E-state index < -0.39 is 0 Å². The van der Waals surface area contributed by atoms with Gasteiger partial charge in [-0.3, -0.25) is 0 Å². The molecule has 0 aliphatic rings. The minimum Gasteiger partial charge on any atom is -0.493 e. The number of fused-ring (bicyclic) bond motifs is 1. The standard InChI is InChI=1S/C19H18O2/c1-20-18-8-4-5-9-19(18)21-13-12-15-10-11-16-6-2-3-7-17(16)14-15/h2-11,14H,12-13H2,1H3. The summed E-state index contributed by atoms with van der Waals surface area (Å²) < 4.78 is 11.1. The lowest BCUT2D eigenvalue weighted by atomic mass is 10.1. The molecule has 0 amide bonds. The molecule has 0 spiro atoms. The van der Waals surface area contributed by atoms with Crippen LogP contribution < -0.4 is 9.47 Å². The van der Waals surface area contributed by atoms with Crippen molar-refractivity contribution in [3.8, 4) is 11.5 Å². The van der Waals surface area contributed by atoms with Crippen LogP contribution in [0, 0.1) is 0 Å². The SMILES string of the molecule is COc1ccccc1OCCc1ccc2ccccc2c1. The number of ether oxygens (including phenoxy) is 2. The van der Waals surface area contributed by atoms with Gasteiger partial charge >= 0.3 is 0 Å². The molecule has 2 nitrogen and oxygen atoms in total. The Morgan fingerprint density at radius 2 is 1.48 bits per heavy atom.